The number of nitrogens with one attached hydrogen (secondary N) is 1. The molecule has 0 amide bonds. The second kappa shape index (κ2) is 5.59. The van der Waals surface area contributed by atoms with Crippen LogP contribution in [0.2, 0.25) is 0 Å². The predicted molar refractivity (Wildman–Crippen MR) is 96.7 cm³/mol. The molecular formula is C19H19BrN2O2. The van der Waals surface area contributed by atoms with Crippen LogP contribution in [0.15, 0.2) is 28.9 Å². The lowest BCUT2D eigenvalue weighted by Crippen LogP contribution is -2.28. The molecule has 3 atom stereocenters. The minimum Gasteiger partial charge on any atom is -0.497 e. The van der Waals surface area contributed by atoms with E-state index in [2.05, 4.69) is 40.0 Å². The Bertz CT molecular complexity index is 850. The molecule has 0 saturated carbocycles. The van der Waals surface area contributed by atoms with Gasteiger partial charge in [-0.3, -0.25) is 4.98 Å². The summed E-state index contributed by atoms with van der Waals surface area (Å²) in [4.78, 5) is 4.51. The Morgan fingerprint density at radius 3 is 2.71 bits per heavy atom. The molecule has 1 aromatic carbocycles. The zero-order valence-corrected chi connectivity index (χ0v) is 15.5. The highest BCUT2D eigenvalue weighted by atomic mass is 79.9. The summed E-state index contributed by atoms with van der Waals surface area (Å²) in [5.41, 5.74) is 5.13. The van der Waals surface area contributed by atoms with E-state index in [-0.39, 0.29) is 17.8 Å². The first-order valence-electron chi connectivity index (χ1n) is 8.04. The molecule has 1 aromatic heterocycles. The number of ether oxygens (including phenoxy) is 2. The molecule has 1 N–H and O–H groups in total. The zero-order valence-electron chi connectivity index (χ0n) is 13.9. The van der Waals surface area contributed by atoms with Gasteiger partial charge in [0.25, 0.3) is 0 Å². The van der Waals surface area contributed by atoms with Crippen LogP contribution >= 0.6 is 15.9 Å². The number of hydrogen-bond acceptors (Lipinski definition) is 4. The number of hydrogen-bond donors (Lipinski definition) is 1. The third-order valence-electron chi connectivity index (χ3n) is 5.40. The number of methoxy groups -OCH3 is 2. The van der Waals surface area contributed by atoms with Crippen molar-refractivity contribution in [3.05, 3.63) is 51.3 Å². The molecule has 2 aliphatic carbocycles. The first-order valence-corrected chi connectivity index (χ1v) is 8.83. The van der Waals surface area contributed by atoms with Crippen LogP contribution in [0.25, 0.3) is 0 Å². The lowest BCUT2D eigenvalue weighted by Gasteiger charge is -2.35. The third kappa shape index (κ3) is 2.10. The summed E-state index contributed by atoms with van der Waals surface area (Å²) in [6, 6.07) is 6.17. The van der Waals surface area contributed by atoms with E-state index in [9.17, 15) is 0 Å². The minimum atomic E-state index is 0.150. The molecule has 124 valence electrons. The predicted octanol–water partition coefficient (Wildman–Crippen LogP) is 4.30. The summed E-state index contributed by atoms with van der Waals surface area (Å²) in [7, 11) is 3.37. The topological polar surface area (TPSA) is 55.2 Å². The van der Waals surface area contributed by atoms with Gasteiger partial charge in [0.05, 0.1) is 25.6 Å². The van der Waals surface area contributed by atoms with Crippen molar-refractivity contribution >= 4 is 21.6 Å². The first kappa shape index (κ1) is 15.6. The van der Waals surface area contributed by atoms with Gasteiger partial charge in [0, 0.05) is 28.2 Å². The second-order valence-corrected chi connectivity index (χ2v) is 7.45. The van der Waals surface area contributed by atoms with Crippen molar-refractivity contribution in [1.82, 2.24) is 4.98 Å². The molecule has 1 heterocycles. The van der Waals surface area contributed by atoms with Gasteiger partial charge >= 0.3 is 0 Å². The summed E-state index contributed by atoms with van der Waals surface area (Å²) in [5.74, 6) is 2.32. The van der Waals surface area contributed by atoms with E-state index >= 15 is 0 Å². The fourth-order valence-corrected chi connectivity index (χ4v) is 4.74. The molecule has 0 aliphatic heterocycles. The van der Waals surface area contributed by atoms with Gasteiger partial charge in [-0.2, -0.15) is 0 Å². The number of nitrogens with zero attached hydrogens (tertiary/aromatic N) is 1. The van der Waals surface area contributed by atoms with Crippen molar-refractivity contribution < 1.29 is 9.47 Å². The molecular weight excluding hydrogens is 368 g/mol. The maximum Gasteiger partial charge on any atom is 0.126 e. The van der Waals surface area contributed by atoms with Gasteiger partial charge in [0.15, 0.2) is 0 Å². The van der Waals surface area contributed by atoms with Crippen LogP contribution in [-0.2, 0) is 6.42 Å². The first-order chi connectivity index (χ1) is 11.5. The molecule has 5 heteroatoms. The van der Waals surface area contributed by atoms with Crippen molar-refractivity contribution in [3.63, 3.8) is 0 Å². The lowest BCUT2D eigenvalue weighted by molar-refractivity contribution is 0.370. The van der Waals surface area contributed by atoms with Gasteiger partial charge in [-0.25, -0.2) is 0 Å². The molecule has 4 nitrogen and oxygen atoms in total. The quantitative estimate of drug-likeness (QED) is 0.836. The number of fused-ring (bicyclic) bond motifs is 4. The Balaban J connectivity index is 1.89. The number of aromatic nitrogens is 1. The van der Waals surface area contributed by atoms with E-state index < -0.39 is 0 Å². The molecule has 0 radical (unpaired) electrons. The van der Waals surface area contributed by atoms with Crippen molar-refractivity contribution in [2.45, 2.75) is 25.2 Å². The highest BCUT2D eigenvalue weighted by molar-refractivity contribution is 9.10. The van der Waals surface area contributed by atoms with E-state index in [0.717, 1.165) is 28.1 Å². The van der Waals surface area contributed by atoms with E-state index in [4.69, 9.17) is 14.9 Å². The molecule has 0 saturated heterocycles. The average Bonchev–Trinajstić information content (AvgIpc) is 2.86. The van der Waals surface area contributed by atoms with Gasteiger partial charge < -0.3 is 14.9 Å². The molecule has 2 aliphatic rings. The van der Waals surface area contributed by atoms with Gasteiger partial charge in [0.2, 0.25) is 0 Å². The average molecular weight is 387 g/mol. The number of halogens is 1. The SMILES string of the molecule is COc1cc2c(c(OC)c1)[C@@H](C)[C@@H]1C(=N)c3ncc(Br)cc3[C@@H]1C2. The van der Waals surface area contributed by atoms with Crippen LogP contribution in [0.5, 0.6) is 11.5 Å². The number of rotatable bonds is 2. The molecule has 0 unspecified atom stereocenters. The fraction of sp³-hybridized carbons (Fsp3) is 0.368. The summed E-state index contributed by atoms with van der Waals surface area (Å²) in [5, 5.41) is 8.66. The Morgan fingerprint density at radius 2 is 2.00 bits per heavy atom. The summed E-state index contributed by atoms with van der Waals surface area (Å²) < 4.78 is 12.0. The van der Waals surface area contributed by atoms with Crippen LogP contribution in [0.1, 0.15) is 41.1 Å². The molecule has 24 heavy (non-hydrogen) atoms. The van der Waals surface area contributed by atoms with E-state index in [0.29, 0.717) is 5.71 Å². The Hall–Kier alpha value is -1.88. The lowest BCUT2D eigenvalue weighted by atomic mass is 9.69. The van der Waals surface area contributed by atoms with Crippen LogP contribution < -0.4 is 9.47 Å². The molecule has 2 aromatic rings. The van der Waals surface area contributed by atoms with Gasteiger partial charge in [-0.15, -0.1) is 0 Å². The van der Waals surface area contributed by atoms with Crippen LogP contribution in [-0.4, -0.2) is 24.9 Å². The minimum absolute atomic E-state index is 0.150. The second-order valence-electron chi connectivity index (χ2n) is 6.53. The highest BCUT2D eigenvalue weighted by Gasteiger charge is 2.46. The molecule has 0 bridgehead atoms. The van der Waals surface area contributed by atoms with Crippen molar-refractivity contribution in [2.75, 3.05) is 14.2 Å². The van der Waals surface area contributed by atoms with Crippen molar-refractivity contribution in [1.29, 1.82) is 5.41 Å². The normalized spacial score (nSPS) is 24.2. The third-order valence-corrected chi connectivity index (χ3v) is 5.83. The largest absolute Gasteiger partial charge is 0.497 e. The summed E-state index contributed by atoms with van der Waals surface area (Å²) >= 11 is 3.52. The van der Waals surface area contributed by atoms with E-state index in [1.54, 1.807) is 20.4 Å². The van der Waals surface area contributed by atoms with E-state index in [1.165, 1.54) is 16.7 Å². The highest BCUT2D eigenvalue weighted by Crippen LogP contribution is 2.53. The van der Waals surface area contributed by atoms with Gasteiger partial charge in [-0.05, 0) is 57.4 Å². The molecule has 0 spiro atoms. The monoisotopic (exact) mass is 386 g/mol. The smallest absolute Gasteiger partial charge is 0.126 e. The van der Waals surface area contributed by atoms with Crippen molar-refractivity contribution in [3.8, 4) is 11.5 Å². The maximum absolute atomic E-state index is 8.66. The van der Waals surface area contributed by atoms with Crippen LogP contribution in [0.3, 0.4) is 0 Å². The molecule has 4 rings (SSSR count). The Kier molecular flexibility index (Phi) is 3.64. The maximum atomic E-state index is 8.66. The zero-order chi connectivity index (χ0) is 17.0. The van der Waals surface area contributed by atoms with Gasteiger partial charge in [0.1, 0.15) is 11.5 Å². The van der Waals surface area contributed by atoms with E-state index in [1.807, 2.05) is 6.07 Å². The van der Waals surface area contributed by atoms with Crippen molar-refractivity contribution in [2.24, 2.45) is 5.92 Å². The van der Waals surface area contributed by atoms with Crippen LogP contribution in [0.4, 0.5) is 0 Å². The molecule has 0 fully saturated rings. The van der Waals surface area contributed by atoms with Gasteiger partial charge in [-0.1, -0.05) is 6.92 Å². The Morgan fingerprint density at radius 1 is 1.21 bits per heavy atom. The number of pyridine rings is 1. The van der Waals surface area contributed by atoms with Crippen LogP contribution in [0, 0.1) is 11.3 Å². The standard InChI is InChI=1S/C19H19BrN2O2/c1-9-16-10(4-12(23-2)7-15(16)24-3)5-13-14-6-11(20)8-22-19(14)18(21)17(9)13/h4,6-9,13,17,21H,5H2,1-3H3/t9-,13+,17+/m1/s1. The summed E-state index contributed by atoms with van der Waals surface area (Å²) in [6.45, 7) is 2.19. The summed E-state index contributed by atoms with van der Waals surface area (Å²) in [6.07, 6.45) is 2.66. The Labute approximate surface area is 149 Å². The number of benzene rings is 1. The fourth-order valence-electron chi connectivity index (χ4n) is 4.40.